The fraction of sp³-hybridized carbons (Fsp3) is 0.812. The molecule has 0 saturated heterocycles. The SMILES string of the molecule is C[C@@H]1CC(C(C2C=NC=N2)C(C)(C)C)C[C@](C)(O)C1=O. The van der Waals surface area contributed by atoms with E-state index in [1.54, 1.807) is 13.3 Å². The van der Waals surface area contributed by atoms with Crippen LogP contribution in [0.25, 0.3) is 0 Å². The predicted molar refractivity (Wildman–Crippen MR) is 81.2 cm³/mol. The molecule has 3 unspecified atom stereocenters. The predicted octanol–water partition coefficient (Wildman–Crippen LogP) is 2.50. The summed E-state index contributed by atoms with van der Waals surface area (Å²) < 4.78 is 0. The number of aliphatic hydroxyl groups is 1. The summed E-state index contributed by atoms with van der Waals surface area (Å²) in [6, 6.07) is 0.0659. The fourth-order valence-electron chi connectivity index (χ4n) is 4.02. The van der Waals surface area contributed by atoms with E-state index in [0.29, 0.717) is 6.42 Å². The zero-order valence-electron chi connectivity index (χ0n) is 13.1. The number of hydrogen-bond acceptors (Lipinski definition) is 4. The van der Waals surface area contributed by atoms with E-state index in [4.69, 9.17) is 0 Å². The Balaban J connectivity index is 2.28. The van der Waals surface area contributed by atoms with E-state index in [0.717, 1.165) is 6.42 Å². The third kappa shape index (κ3) is 2.85. The van der Waals surface area contributed by atoms with Crippen molar-refractivity contribution in [2.45, 2.75) is 59.1 Å². The summed E-state index contributed by atoms with van der Waals surface area (Å²) in [7, 11) is 0. The van der Waals surface area contributed by atoms with Gasteiger partial charge in [0.05, 0.1) is 6.04 Å². The van der Waals surface area contributed by atoms with Gasteiger partial charge >= 0.3 is 0 Å². The summed E-state index contributed by atoms with van der Waals surface area (Å²) in [4.78, 5) is 20.7. The molecule has 1 saturated carbocycles. The molecule has 2 aliphatic rings. The lowest BCUT2D eigenvalue weighted by Crippen LogP contribution is -2.50. The Kier molecular flexibility index (Phi) is 3.89. The number of rotatable bonds is 2. The van der Waals surface area contributed by atoms with Gasteiger partial charge in [0, 0.05) is 12.1 Å². The first-order valence-corrected chi connectivity index (χ1v) is 7.44. The van der Waals surface area contributed by atoms with Crippen LogP contribution in [-0.4, -0.2) is 35.1 Å². The molecule has 4 heteroatoms. The maximum atomic E-state index is 12.1. The van der Waals surface area contributed by atoms with Crippen molar-refractivity contribution in [3.63, 3.8) is 0 Å². The van der Waals surface area contributed by atoms with Gasteiger partial charge in [0.1, 0.15) is 11.9 Å². The van der Waals surface area contributed by atoms with Gasteiger partial charge < -0.3 is 5.11 Å². The molecule has 1 heterocycles. The molecule has 0 aromatic carbocycles. The van der Waals surface area contributed by atoms with Crippen LogP contribution in [0.2, 0.25) is 0 Å². The molecule has 1 fully saturated rings. The Morgan fingerprint density at radius 3 is 2.55 bits per heavy atom. The van der Waals surface area contributed by atoms with E-state index in [2.05, 4.69) is 30.8 Å². The summed E-state index contributed by atoms with van der Waals surface area (Å²) in [5.41, 5.74) is -1.15. The van der Waals surface area contributed by atoms with Gasteiger partial charge in [-0.3, -0.25) is 9.79 Å². The summed E-state index contributed by atoms with van der Waals surface area (Å²) in [5.74, 6) is 0.456. The van der Waals surface area contributed by atoms with Crippen LogP contribution in [0.1, 0.15) is 47.5 Å². The van der Waals surface area contributed by atoms with Gasteiger partial charge in [-0.25, -0.2) is 4.99 Å². The van der Waals surface area contributed by atoms with Crippen LogP contribution in [0.5, 0.6) is 0 Å². The monoisotopic (exact) mass is 278 g/mol. The zero-order valence-corrected chi connectivity index (χ0v) is 13.1. The van der Waals surface area contributed by atoms with Gasteiger partial charge in [-0.2, -0.15) is 0 Å². The molecule has 1 aliphatic carbocycles. The Morgan fingerprint density at radius 1 is 1.45 bits per heavy atom. The summed E-state index contributed by atoms with van der Waals surface area (Å²) in [6.45, 7) is 10.2. The number of aliphatic imine (C=N–C) groups is 2. The van der Waals surface area contributed by atoms with Gasteiger partial charge in [0.15, 0.2) is 5.78 Å². The van der Waals surface area contributed by atoms with Crippen LogP contribution in [-0.2, 0) is 4.79 Å². The minimum atomic E-state index is -1.20. The average molecular weight is 278 g/mol. The van der Waals surface area contributed by atoms with Crippen molar-refractivity contribution >= 4 is 18.3 Å². The Labute approximate surface area is 121 Å². The second kappa shape index (κ2) is 5.06. The van der Waals surface area contributed by atoms with Crippen molar-refractivity contribution in [1.29, 1.82) is 0 Å². The maximum absolute atomic E-state index is 12.1. The Bertz CT molecular complexity index is 434. The molecule has 0 spiro atoms. The van der Waals surface area contributed by atoms with Crippen LogP contribution in [0.3, 0.4) is 0 Å². The lowest BCUT2D eigenvalue weighted by Gasteiger charge is -2.45. The van der Waals surface area contributed by atoms with Crippen molar-refractivity contribution in [1.82, 2.24) is 0 Å². The Morgan fingerprint density at radius 2 is 2.10 bits per heavy atom. The van der Waals surface area contributed by atoms with Gasteiger partial charge in [0.25, 0.3) is 0 Å². The summed E-state index contributed by atoms with van der Waals surface area (Å²) in [5, 5.41) is 10.4. The van der Waals surface area contributed by atoms with E-state index in [1.807, 2.05) is 13.1 Å². The minimum Gasteiger partial charge on any atom is -0.382 e. The molecule has 1 aliphatic heterocycles. The normalized spacial score (nSPS) is 39.3. The smallest absolute Gasteiger partial charge is 0.166 e. The highest BCUT2D eigenvalue weighted by molar-refractivity contribution is 5.89. The van der Waals surface area contributed by atoms with Crippen LogP contribution in [0.4, 0.5) is 0 Å². The first-order chi connectivity index (χ1) is 9.13. The highest BCUT2D eigenvalue weighted by atomic mass is 16.3. The van der Waals surface area contributed by atoms with E-state index in [9.17, 15) is 9.90 Å². The molecule has 0 bridgehead atoms. The molecule has 0 aromatic heterocycles. The van der Waals surface area contributed by atoms with Crippen LogP contribution >= 0.6 is 0 Å². The highest BCUT2D eigenvalue weighted by Gasteiger charge is 2.48. The molecular formula is C16H26N2O2. The summed E-state index contributed by atoms with van der Waals surface area (Å²) in [6.07, 6.45) is 4.86. The molecular weight excluding hydrogens is 252 g/mol. The number of ketones is 1. The van der Waals surface area contributed by atoms with Crippen molar-refractivity contribution in [2.24, 2.45) is 33.2 Å². The lowest BCUT2D eigenvalue weighted by molar-refractivity contribution is -0.148. The summed E-state index contributed by atoms with van der Waals surface area (Å²) >= 11 is 0. The Hall–Kier alpha value is -1.03. The minimum absolute atomic E-state index is 0.0231. The van der Waals surface area contributed by atoms with Crippen LogP contribution in [0.15, 0.2) is 9.98 Å². The molecule has 4 nitrogen and oxygen atoms in total. The van der Waals surface area contributed by atoms with Crippen molar-refractivity contribution < 1.29 is 9.90 Å². The van der Waals surface area contributed by atoms with Crippen LogP contribution < -0.4 is 0 Å². The second-order valence-corrected chi connectivity index (χ2v) is 7.68. The molecule has 0 radical (unpaired) electrons. The van der Waals surface area contributed by atoms with E-state index in [-0.39, 0.29) is 35.0 Å². The van der Waals surface area contributed by atoms with Crippen molar-refractivity contribution in [3.05, 3.63) is 0 Å². The number of Topliss-reactive ketones (excluding diaryl/α,β-unsaturated/α-hetero) is 1. The first-order valence-electron chi connectivity index (χ1n) is 7.44. The first kappa shape index (κ1) is 15.4. The largest absolute Gasteiger partial charge is 0.382 e. The number of carbonyl (C=O) groups is 1. The van der Waals surface area contributed by atoms with Crippen molar-refractivity contribution in [3.8, 4) is 0 Å². The number of carbonyl (C=O) groups excluding carboxylic acids is 1. The molecule has 1 N–H and O–H groups in total. The maximum Gasteiger partial charge on any atom is 0.166 e. The van der Waals surface area contributed by atoms with Gasteiger partial charge in [0.2, 0.25) is 0 Å². The fourth-order valence-corrected chi connectivity index (χ4v) is 4.02. The lowest BCUT2D eigenvalue weighted by atomic mass is 9.61. The third-order valence-corrected chi connectivity index (χ3v) is 4.71. The number of nitrogens with zero attached hydrogens (tertiary/aromatic N) is 2. The van der Waals surface area contributed by atoms with Gasteiger partial charge in [-0.05, 0) is 37.0 Å². The molecule has 2 rings (SSSR count). The molecule has 112 valence electrons. The molecule has 5 atom stereocenters. The van der Waals surface area contributed by atoms with E-state index in [1.165, 1.54) is 0 Å². The zero-order chi connectivity index (χ0) is 15.1. The van der Waals surface area contributed by atoms with E-state index < -0.39 is 5.60 Å². The molecule has 20 heavy (non-hydrogen) atoms. The van der Waals surface area contributed by atoms with Gasteiger partial charge in [-0.15, -0.1) is 0 Å². The molecule has 0 aromatic rings. The van der Waals surface area contributed by atoms with E-state index >= 15 is 0 Å². The van der Waals surface area contributed by atoms with Gasteiger partial charge in [-0.1, -0.05) is 27.7 Å². The standard InChI is InChI=1S/C16H26N2O2/c1-10-6-11(7-16(5,20)14(10)19)13(15(2,3)4)12-8-17-9-18-12/h8-13,20H,6-7H2,1-5H3/t10-,11?,12?,13?,16+/m1/s1. The second-order valence-electron chi connectivity index (χ2n) is 7.68. The topological polar surface area (TPSA) is 62.0 Å². The quantitative estimate of drug-likeness (QED) is 0.843. The average Bonchev–Trinajstić information content (AvgIpc) is 2.77. The number of hydrogen-bond donors (Lipinski definition) is 1. The van der Waals surface area contributed by atoms with Crippen molar-refractivity contribution in [2.75, 3.05) is 0 Å². The third-order valence-electron chi connectivity index (χ3n) is 4.71. The van der Waals surface area contributed by atoms with Crippen LogP contribution in [0, 0.1) is 23.2 Å². The molecule has 0 amide bonds. The highest BCUT2D eigenvalue weighted by Crippen LogP contribution is 2.45.